The summed E-state index contributed by atoms with van der Waals surface area (Å²) >= 11 is 12.0. The van der Waals surface area contributed by atoms with Gasteiger partial charge in [0.2, 0.25) is 11.8 Å². The van der Waals surface area contributed by atoms with E-state index in [1.165, 1.54) is 6.92 Å². The lowest BCUT2D eigenvalue weighted by atomic mass is 10.1. The van der Waals surface area contributed by atoms with Gasteiger partial charge in [-0.2, -0.15) is 0 Å². The van der Waals surface area contributed by atoms with Gasteiger partial charge in [0.1, 0.15) is 6.04 Å². The van der Waals surface area contributed by atoms with Crippen LogP contribution in [0.15, 0.2) is 18.2 Å². The molecule has 1 aromatic rings. The summed E-state index contributed by atoms with van der Waals surface area (Å²) in [7, 11) is 0. The molecule has 0 aliphatic carbocycles. The van der Waals surface area contributed by atoms with Crippen molar-refractivity contribution < 1.29 is 9.59 Å². The third-order valence-electron chi connectivity index (χ3n) is 3.89. The Morgan fingerprint density at radius 3 is 2.77 bits per heavy atom. The van der Waals surface area contributed by atoms with Crippen LogP contribution in [0, 0.1) is 0 Å². The van der Waals surface area contributed by atoms with Crippen molar-refractivity contribution in [3.8, 4) is 0 Å². The number of carbonyl (C=O) groups excluding carboxylic acids is 2. The average molecular weight is 343 g/mol. The zero-order valence-electron chi connectivity index (χ0n) is 12.7. The molecular weight excluding hydrogens is 323 g/mol. The number of nitrogens with one attached hydrogen (secondary N) is 1. The summed E-state index contributed by atoms with van der Waals surface area (Å²) in [6, 6.07) is 4.93. The summed E-state index contributed by atoms with van der Waals surface area (Å²) in [6.07, 6.45) is 2.21. The van der Waals surface area contributed by atoms with Crippen LogP contribution < -0.4 is 5.32 Å². The molecule has 1 aromatic carbocycles. The molecule has 0 saturated carbocycles. The molecule has 0 spiro atoms. The lowest BCUT2D eigenvalue weighted by Gasteiger charge is -2.24. The number of halogens is 2. The molecule has 4 nitrogen and oxygen atoms in total. The van der Waals surface area contributed by atoms with E-state index in [0.717, 1.165) is 18.4 Å². The number of rotatable bonds is 4. The quantitative estimate of drug-likeness (QED) is 0.914. The molecule has 1 N–H and O–H groups in total. The molecule has 2 amide bonds. The average Bonchev–Trinajstić information content (AvgIpc) is 2.91. The first-order chi connectivity index (χ1) is 10.4. The number of nitrogens with zero attached hydrogens (tertiary/aromatic N) is 1. The molecule has 1 fully saturated rings. The van der Waals surface area contributed by atoms with Crippen LogP contribution in [-0.4, -0.2) is 35.3 Å². The van der Waals surface area contributed by atoms with Gasteiger partial charge >= 0.3 is 0 Å². The molecular formula is C16H20Cl2N2O2. The van der Waals surface area contributed by atoms with E-state index in [1.54, 1.807) is 17.0 Å². The van der Waals surface area contributed by atoms with Gasteiger partial charge in [0.15, 0.2) is 0 Å². The number of hydrogen-bond donors (Lipinski definition) is 1. The van der Waals surface area contributed by atoms with E-state index in [-0.39, 0.29) is 23.9 Å². The Balaban J connectivity index is 1.95. The van der Waals surface area contributed by atoms with Gasteiger partial charge in [0, 0.05) is 29.6 Å². The van der Waals surface area contributed by atoms with Crippen LogP contribution in [0.3, 0.4) is 0 Å². The lowest BCUT2D eigenvalue weighted by Crippen LogP contribution is -2.48. The van der Waals surface area contributed by atoms with Gasteiger partial charge in [-0.1, -0.05) is 29.3 Å². The fourth-order valence-corrected chi connectivity index (χ4v) is 3.31. The summed E-state index contributed by atoms with van der Waals surface area (Å²) in [5.41, 5.74) is 0.939. The van der Waals surface area contributed by atoms with E-state index in [1.807, 2.05) is 13.0 Å². The van der Waals surface area contributed by atoms with Crippen molar-refractivity contribution in [2.75, 3.05) is 6.54 Å². The number of hydrogen-bond acceptors (Lipinski definition) is 2. The molecule has 0 aromatic heterocycles. The fraction of sp³-hybridized carbons (Fsp3) is 0.500. The van der Waals surface area contributed by atoms with Crippen LogP contribution in [0.5, 0.6) is 0 Å². The van der Waals surface area contributed by atoms with Crippen LogP contribution in [0.2, 0.25) is 10.0 Å². The SMILES string of the molecule is CC(=O)N1CCC[C@H]1C(=O)N[C@@H](C)Cc1ccc(Cl)cc1Cl. The molecule has 0 bridgehead atoms. The highest BCUT2D eigenvalue weighted by Gasteiger charge is 2.32. The van der Waals surface area contributed by atoms with Gasteiger partial charge in [-0.25, -0.2) is 0 Å². The maximum absolute atomic E-state index is 12.3. The minimum atomic E-state index is -0.347. The number of carbonyl (C=O) groups is 2. The van der Waals surface area contributed by atoms with E-state index in [2.05, 4.69) is 5.32 Å². The predicted molar refractivity (Wildman–Crippen MR) is 88.2 cm³/mol. The monoisotopic (exact) mass is 342 g/mol. The molecule has 0 radical (unpaired) electrons. The second kappa shape index (κ2) is 7.34. The van der Waals surface area contributed by atoms with Crippen molar-refractivity contribution in [3.05, 3.63) is 33.8 Å². The second-order valence-corrected chi connectivity index (χ2v) is 6.56. The van der Waals surface area contributed by atoms with Crippen LogP contribution in [0.4, 0.5) is 0 Å². The van der Waals surface area contributed by atoms with Gasteiger partial charge in [0.25, 0.3) is 0 Å². The molecule has 1 heterocycles. The molecule has 1 aliphatic rings. The van der Waals surface area contributed by atoms with E-state index in [0.29, 0.717) is 23.0 Å². The number of benzene rings is 1. The van der Waals surface area contributed by atoms with Crippen molar-refractivity contribution in [2.45, 2.75) is 45.2 Å². The van der Waals surface area contributed by atoms with Gasteiger partial charge in [-0.05, 0) is 43.9 Å². The van der Waals surface area contributed by atoms with E-state index in [4.69, 9.17) is 23.2 Å². The zero-order valence-corrected chi connectivity index (χ0v) is 14.2. The summed E-state index contributed by atoms with van der Waals surface area (Å²) in [4.78, 5) is 25.5. The van der Waals surface area contributed by atoms with Crippen LogP contribution in [0.25, 0.3) is 0 Å². The third-order valence-corrected chi connectivity index (χ3v) is 4.48. The first-order valence-corrected chi connectivity index (χ1v) is 8.15. The fourth-order valence-electron chi connectivity index (χ4n) is 2.82. The van der Waals surface area contributed by atoms with Gasteiger partial charge in [-0.15, -0.1) is 0 Å². The molecule has 120 valence electrons. The summed E-state index contributed by atoms with van der Waals surface area (Å²) < 4.78 is 0. The van der Waals surface area contributed by atoms with E-state index >= 15 is 0 Å². The van der Waals surface area contributed by atoms with Crippen molar-refractivity contribution in [2.24, 2.45) is 0 Å². The maximum Gasteiger partial charge on any atom is 0.243 e. The molecule has 2 atom stereocenters. The molecule has 22 heavy (non-hydrogen) atoms. The van der Waals surface area contributed by atoms with Crippen molar-refractivity contribution in [3.63, 3.8) is 0 Å². The summed E-state index contributed by atoms with van der Waals surface area (Å²) in [5.74, 6) is -0.142. The highest BCUT2D eigenvalue weighted by Crippen LogP contribution is 2.22. The first-order valence-electron chi connectivity index (χ1n) is 7.40. The van der Waals surface area contributed by atoms with E-state index in [9.17, 15) is 9.59 Å². The standard InChI is InChI=1S/C16H20Cl2N2O2/c1-10(8-12-5-6-13(17)9-14(12)18)19-16(22)15-4-3-7-20(15)11(2)21/h5-6,9-10,15H,3-4,7-8H2,1-2H3,(H,19,22)/t10-,15-/m0/s1. The molecule has 2 rings (SSSR count). The highest BCUT2D eigenvalue weighted by atomic mass is 35.5. The van der Waals surface area contributed by atoms with Gasteiger partial charge in [0.05, 0.1) is 0 Å². The first kappa shape index (κ1) is 17.1. The Hall–Kier alpha value is -1.26. The minimum absolute atomic E-state index is 0.0500. The molecule has 1 saturated heterocycles. The summed E-state index contributed by atoms with van der Waals surface area (Å²) in [6.45, 7) is 4.09. The molecule has 1 aliphatic heterocycles. The minimum Gasteiger partial charge on any atom is -0.352 e. The van der Waals surface area contributed by atoms with Crippen LogP contribution in [-0.2, 0) is 16.0 Å². The van der Waals surface area contributed by atoms with Crippen LogP contribution in [0.1, 0.15) is 32.3 Å². The van der Waals surface area contributed by atoms with Gasteiger partial charge < -0.3 is 10.2 Å². The Morgan fingerprint density at radius 2 is 2.14 bits per heavy atom. The number of amides is 2. The Labute approximate surface area is 140 Å². The number of likely N-dealkylation sites (tertiary alicyclic amines) is 1. The predicted octanol–water partition coefficient (Wildman–Crippen LogP) is 3.05. The van der Waals surface area contributed by atoms with E-state index < -0.39 is 0 Å². The molecule has 6 heteroatoms. The lowest BCUT2D eigenvalue weighted by molar-refractivity contribution is -0.137. The Bertz CT molecular complexity index is 577. The third kappa shape index (κ3) is 4.14. The van der Waals surface area contributed by atoms with Gasteiger partial charge in [-0.3, -0.25) is 9.59 Å². The van der Waals surface area contributed by atoms with Crippen molar-refractivity contribution in [1.29, 1.82) is 0 Å². The topological polar surface area (TPSA) is 49.4 Å². The smallest absolute Gasteiger partial charge is 0.243 e. The normalized spacial score (nSPS) is 19.1. The van der Waals surface area contributed by atoms with Crippen LogP contribution >= 0.6 is 23.2 Å². The highest BCUT2D eigenvalue weighted by molar-refractivity contribution is 6.35. The Kier molecular flexibility index (Phi) is 5.70. The second-order valence-electron chi connectivity index (χ2n) is 5.72. The van der Waals surface area contributed by atoms with Crippen molar-refractivity contribution >= 4 is 35.0 Å². The maximum atomic E-state index is 12.3. The zero-order chi connectivity index (χ0) is 16.3. The van der Waals surface area contributed by atoms with Crippen molar-refractivity contribution in [1.82, 2.24) is 10.2 Å². The summed E-state index contributed by atoms with van der Waals surface area (Å²) in [5, 5.41) is 4.16. The Morgan fingerprint density at radius 1 is 1.41 bits per heavy atom. The largest absolute Gasteiger partial charge is 0.352 e. The molecule has 0 unspecified atom stereocenters.